The number of rotatable bonds is 4. The van der Waals surface area contributed by atoms with Crippen LogP contribution in [0.15, 0.2) is 40.9 Å². The quantitative estimate of drug-likeness (QED) is 0.759. The van der Waals surface area contributed by atoms with Crippen molar-refractivity contribution in [1.82, 2.24) is 9.97 Å². The van der Waals surface area contributed by atoms with Gasteiger partial charge in [0.15, 0.2) is 5.58 Å². The van der Waals surface area contributed by atoms with E-state index in [0.717, 1.165) is 5.56 Å². The molecule has 2 heterocycles. The molecule has 0 saturated carbocycles. The lowest BCUT2D eigenvalue weighted by Crippen LogP contribution is -2.02. The number of aromatic hydroxyl groups is 1. The van der Waals surface area contributed by atoms with Gasteiger partial charge in [0.2, 0.25) is 5.88 Å². The molecule has 20 heavy (non-hydrogen) atoms. The number of hydrogen-bond donors (Lipinski definition) is 2. The molecule has 0 fully saturated rings. The fourth-order valence-electron chi connectivity index (χ4n) is 1.90. The van der Waals surface area contributed by atoms with Gasteiger partial charge in [-0.1, -0.05) is 6.07 Å². The summed E-state index contributed by atoms with van der Waals surface area (Å²) in [7, 11) is 1.58. The van der Waals surface area contributed by atoms with Crippen molar-refractivity contribution >= 4 is 17.1 Å². The first kappa shape index (κ1) is 12.3. The number of nitrogens with one attached hydrogen (secondary N) is 1. The minimum absolute atomic E-state index is 0.147. The van der Waals surface area contributed by atoms with Gasteiger partial charge >= 0.3 is 0 Å². The largest absolute Gasteiger partial charge is 0.508 e. The van der Waals surface area contributed by atoms with Crippen LogP contribution in [-0.4, -0.2) is 22.2 Å². The van der Waals surface area contributed by atoms with E-state index < -0.39 is 0 Å². The summed E-state index contributed by atoms with van der Waals surface area (Å²) in [5.74, 6) is 0.711. The van der Waals surface area contributed by atoms with Crippen molar-refractivity contribution in [2.75, 3.05) is 12.4 Å². The van der Waals surface area contributed by atoms with Gasteiger partial charge in [-0.2, -0.15) is 4.98 Å². The van der Waals surface area contributed by atoms with Crippen LogP contribution in [0.5, 0.6) is 11.6 Å². The Morgan fingerprint density at radius 1 is 1.35 bits per heavy atom. The Balaban J connectivity index is 1.79. The molecule has 0 amide bonds. The molecule has 0 bridgehead atoms. The van der Waals surface area contributed by atoms with Crippen LogP contribution >= 0.6 is 0 Å². The van der Waals surface area contributed by atoms with E-state index in [-0.39, 0.29) is 5.75 Å². The molecule has 6 nitrogen and oxygen atoms in total. The lowest BCUT2D eigenvalue weighted by molar-refractivity contribution is 0.393. The maximum atomic E-state index is 9.38. The SMILES string of the molecule is COc1ncccc1CNc1nc2ccc(O)cc2o1. The van der Waals surface area contributed by atoms with Gasteiger partial charge in [0.05, 0.1) is 7.11 Å². The summed E-state index contributed by atoms with van der Waals surface area (Å²) < 4.78 is 10.7. The summed E-state index contributed by atoms with van der Waals surface area (Å²) in [6.45, 7) is 0.482. The summed E-state index contributed by atoms with van der Waals surface area (Å²) >= 11 is 0. The minimum Gasteiger partial charge on any atom is -0.508 e. The van der Waals surface area contributed by atoms with Crippen LogP contribution in [-0.2, 0) is 6.54 Å². The molecule has 1 aromatic carbocycles. The highest BCUT2D eigenvalue weighted by Crippen LogP contribution is 2.23. The van der Waals surface area contributed by atoms with E-state index in [1.807, 2.05) is 12.1 Å². The number of oxazole rings is 1. The van der Waals surface area contributed by atoms with Crippen LogP contribution in [0.4, 0.5) is 6.01 Å². The third-order valence-electron chi connectivity index (χ3n) is 2.85. The van der Waals surface area contributed by atoms with Crippen molar-refractivity contribution in [3.63, 3.8) is 0 Å². The standard InChI is InChI=1S/C14H13N3O3/c1-19-13-9(3-2-6-15-13)8-16-14-17-11-5-4-10(18)7-12(11)20-14/h2-7,18H,8H2,1H3,(H,16,17). The number of phenols is 1. The molecule has 0 aliphatic rings. The lowest BCUT2D eigenvalue weighted by Gasteiger charge is -2.06. The zero-order valence-electron chi connectivity index (χ0n) is 10.8. The predicted octanol–water partition coefficient (Wildman–Crippen LogP) is 2.55. The number of fused-ring (bicyclic) bond motifs is 1. The van der Waals surface area contributed by atoms with E-state index in [0.29, 0.717) is 29.5 Å². The Bertz CT molecular complexity index is 739. The van der Waals surface area contributed by atoms with Crippen LogP contribution in [0.1, 0.15) is 5.56 Å². The van der Waals surface area contributed by atoms with Gasteiger partial charge in [-0.25, -0.2) is 4.98 Å². The number of anilines is 1. The van der Waals surface area contributed by atoms with Gasteiger partial charge in [-0.15, -0.1) is 0 Å². The van der Waals surface area contributed by atoms with Crippen molar-refractivity contribution < 1.29 is 14.3 Å². The maximum absolute atomic E-state index is 9.38. The van der Waals surface area contributed by atoms with Gasteiger partial charge in [0.25, 0.3) is 6.01 Å². The third-order valence-corrected chi connectivity index (χ3v) is 2.85. The van der Waals surface area contributed by atoms with Gasteiger partial charge in [0.1, 0.15) is 11.3 Å². The molecular weight excluding hydrogens is 258 g/mol. The Morgan fingerprint density at radius 2 is 2.25 bits per heavy atom. The van der Waals surface area contributed by atoms with E-state index in [4.69, 9.17) is 9.15 Å². The third kappa shape index (κ3) is 2.35. The number of methoxy groups -OCH3 is 1. The molecule has 0 radical (unpaired) electrons. The molecule has 0 aliphatic heterocycles. The number of benzene rings is 1. The van der Waals surface area contributed by atoms with E-state index in [9.17, 15) is 5.11 Å². The summed E-state index contributed by atoms with van der Waals surface area (Å²) in [5.41, 5.74) is 2.12. The molecule has 102 valence electrons. The van der Waals surface area contributed by atoms with Gasteiger partial charge < -0.3 is 19.6 Å². The van der Waals surface area contributed by atoms with E-state index >= 15 is 0 Å². The molecule has 0 aliphatic carbocycles. The van der Waals surface area contributed by atoms with Crippen LogP contribution in [0.2, 0.25) is 0 Å². The maximum Gasteiger partial charge on any atom is 0.295 e. The normalized spacial score (nSPS) is 10.7. The van der Waals surface area contributed by atoms with E-state index in [1.165, 1.54) is 6.07 Å². The van der Waals surface area contributed by atoms with Crippen molar-refractivity contribution in [2.45, 2.75) is 6.54 Å². The van der Waals surface area contributed by atoms with Crippen molar-refractivity contribution in [3.05, 3.63) is 42.1 Å². The Hall–Kier alpha value is -2.76. The highest BCUT2D eigenvalue weighted by molar-refractivity contribution is 5.75. The number of aromatic nitrogens is 2. The molecule has 6 heteroatoms. The van der Waals surface area contributed by atoms with Crippen molar-refractivity contribution in [2.24, 2.45) is 0 Å². The number of phenolic OH excluding ortho intramolecular Hbond substituents is 1. The molecule has 0 spiro atoms. The summed E-state index contributed by atoms with van der Waals surface area (Å²) in [4.78, 5) is 8.39. The first-order chi connectivity index (χ1) is 9.76. The van der Waals surface area contributed by atoms with Gasteiger partial charge in [-0.3, -0.25) is 0 Å². The Labute approximate surface area is 115 Å². The fraction of sp³-hybridized carbons (Fsp3) is 0.143. The minimum atomic E-state index is 0.147. The molecular formula is C14H13N3O3. The zero-order valence-corrected chi connectivity index (χ0v) is 10.8. The molecule has 0 atom stereocenters. The lowest BCUT2D eigenvalue weighted by atomic mass is 10.3. The van der Waals surface area contributed by atoms with E-state index in [2.05, 4.69) is 15.3 Å². The second-order valence-corrected chi connectivity index (χ2v) is 4.20. The topological polar surface area (TPSA) is 80.4 Å². The molecule has 3 rings (SSSR count). The fourth-order valence-corrected chi connectivity index (χ4v) is 1.90. The van der Waals surface area contributed by atoms with Gasteiger partial charge in [-0.05, 0) is 18.2 Å². The average molecular weight is 271 g/mol. The van der Waals surface area contributed by atoms with Crippen LogP contribution in [0.25, 0.3) is 11.1 Å². The Morgan fingerprint density at radius 3 is 3.10 bits per heavy atom. The summed E-state index contributed by atoms with van der Waals surface area (Å²) in [5, 5.41) is 12.4. The first-order valence-electron chi connectivity index (χ1n) is 6.07. The number of hydrogen-bond acceptors (Lipinski definition) is 6. The molecule has 2 N–H and O–H groups in total. The second-order valence-electron chi connectivity index (χ2n) is 4.20. The monoisotopic (exact) mass is 271 g/mol. The number of pyridine rings is 1. The first-order valence-corrected chi connectivity index (χ1v) is 6.07. The highest BCUT2D eigenvalue weighted by Gasteiger charge is 2.08. The van der Waals surface area contributed by atoms with Gasteiger partial charge in [0, 0.05) is 24.4 Å². The molecule has 3 aromatic rings. The molecule has 2 aromatic heterocycles. The summed E-state index contributed by atoms with van der Waals surface area (Å²) in [6.07, 6.45) is 1.67. The van der Waals surface area contributed by atoms with Crippen LogP contribution in [0, 0.1) is 0 Å². The summed E-state index contributed by atoms with van der Waals surface area (Å²) in [6, 6.07) is 8.93. The molecule has 0 saturated heterocycles. The predicted molar refractivity (Wildman–Crippen MR) is 73.8 cm³/mol. The zero-order chi connectivity index (χ0) is 13.9. The number of ether oxygens (including phenoxy) is 1. The van der Waals surface area contributed by atoms with Crippen molar-refractivity contribution in [3.8, 4) is 11.6 Å². The number of nitrogens with zero attached hydrogens (tertiary/aromatic N) is 2. The molecule has 0 unspecified atom stereocenters. The highest BCUT2D eigenvalue weighted by atomic mass is 16.5. The second kappa shape index (κ2) is 5.08. The van der Waals surface area contributed by atoms with Crippen LogP contribution < -0.4 is 10.1 Å². The van der Waals surface area contributed by atoms with Crippen molar-refractivity contribution in [1.29, 1.82) is 0 Å². The smallest absolute Gasteiger partial charge is 0.295 e. The Kier molecular flexibility index (Phi) is 3.12. The average Bonchev–Trinajstić information content (AvgIpc) is 2.87. The van der Waals surface area contributed by atoms with Crippen LogP contribution in [0.3, 0.4) is 0 Å². The van der Waals surface area contributed by atoms with E-state index in [1.54, 1.807) is 25.4 Å².